The average molecular weight is 543 g/mol. The largest absolute Gasteiger partial charge is 0.508 e. The van der Waals surface area contributed by atoms with Gasteiger partial charge in [0.15, 0.2) is 11.4 Å². The van der Waals surface area contributed by atoms with Gasteiger partial charge in [0, 0.05) is 48.9 Å². The van der Waals surface area contributed by atoms with Crippen molar-refractivity contribution in [2.75, 3.05) is 33.1 Å². The van der Waals surface area contributed by atoms with Crippen LogP contribution in [-0.4, -0.2) is 88.2 Å². The van der Waals surface area contributed by atoms with Crippen LogP contribution in [0.1, 0.15) is 43.9 Å². The van der Waals surface area contributed by atoms with E-state index in [2.05, 4.69) is 5.32 Å². The van der Waals surface area contributed by atoms with E-state index in [1.807, 2.05) is 45.8 Å². The van der Waals surface area contributed by atoms with Crippen molar-refractivity contribution < 1.29 is 34.8 Å². The molecule has 1 amide bonds. The minimum absolute atomic E-state index is 0.0483. The Hall–Kier alpha value is -3.41. The maximum absolute atomic E-state index is 14.0. The second-order valence-electron chi connectivity index (χ2n) is 12.2. The standard InChI is InChI=1S/C28H38N4O7/c1-27(2,3)30-11-13-10-16(31(4)5)14-8-12-9-15-20(32(6)7)23(35)19(26(29)38)25(37)28(15,39)24(36)17(12)22(34)18(14)21(13)33/h10,12,15,20,30,33-34,37,39H,8-9,11H2,1-7H3,(H2,29,38). The summed E-state index contributed by atoms with van der Waals surface area (Å²) in [6, 6.07) is 0.724. The van der Waals surface area contributed by atoms with Crippen LogP contribution in [0, 0.1) is 11.8 Å². The minimum atomic E-state index is -2.66. The Morgan fingerprint density at radius 1 is 1.15 bits per heavy atom. The van der Waals surface area contributed by atoms with E-state index < -0.39 is 58.0 Å². The van der Waals surface area contributed by atoms with Crippen LogP contribution < -0.4 is 16.0 Å². The van der Waals surface area contributed by atoms with Crippen LogP contribution >= 0.6 is 0 Å². The number of benzene rings is 1. The van der Waals surface area contributed by atoms with E-state index in [1.54, 1.807) is 14.1 Å². The summed E-state index contributed by atoms with van der Waals surface area (Å²) < 4.78 is 0. The predicted molar refractivity (Wildman–Crippen MR) is 145 cm³/mol. The molecule has 1 aromatic rings. The first-order chi connectivity index (χ1) is 17.9. The lowest BCUT2D eigenvalue weighted by atomic mass is 9.57. The second kappa shape index (κ2) is 9.35. The highest BCUT2D eigenvalue weighted by Gasteiger charge is 2.64. The third kappa shape index (κ3) is 4.29. The summed E-state index contributed by atoms with van der Waals surface area (Å²) in [5.41, 5.74) is 3.44. The molecular formula is C28H38N4O7. The maximum atomic E-state index is 14.0. The van der Waals surface area contributed by atoms with Crippen molar-refractivity contribution in [2.45, 2.75) is 57.3 Å². The number of aliphatic hydroxyl groups is 3. The molecule has 7 N–H and O–H groups in total. The number of aromatic hydroxyl groups is 1. The molecule has 1 aromatic carbocycles. The summed E-state index contributed by atoms with van der Waals surface area (Å²) in [7, 11) is 6.82. The van der Waals surface area contributed by atoms with E-state index in [4.69, 9.17) is 5.73 Å². The summed E-state index contributed by atoms with van der Waals surface area (Å²) in [6.45, 7) is 6.22. The molecule has 3 aliphatic carbocycles. The zero-order valence-electron chi connectivity index (χ0n) is 23.4. The second-order valence-corrected chi connectivity index (χ2v) is 12.2. The number of fused-ring (bicyclic) bond motifs is 3. The highest BCUT2D eigenvalue weighted by molar-refractivity contribution is 6.24. The number of rotatable bonds is 5. The van der Waals surface area contributed by atoms with Gasteiger partial charge in [-0.25, -0.2) is 0 Å². The summed E-state index contributed by atoms with van der Waals surface area (Å²) >= 11 is 0. The van der Waals surface area contributed by atoms with Crippen LogP contribution in [0.25, 0.3) is 5.76 Å². The zero-order valence-corrected chi connectivity index (χ0v) is 23.4. The van der Waals surface area contributed by atoms with E-state index in [9.17, 15) is 34.8 Å². The molecule has 1 saturated carbocycles. The minimum Gasteiger partial charge on any atom is -0.508 e. The number of carbonyl (C=O) groups excluding carboxylic acids is 3. The van der Waals surface area contributed by atoms with Crippen molar-refractivity contribution in [2.24, 2.45) is 17.6 Å². The maximum Gasteiger partial charge on any atom is 0.255 e. The van der Waals surface area contributed by atoms with Gasteiger partial charge in [-0.1, -0.05) is 0 Å². The molecule has 39 heavy (non-hydrogen) atoms. The monoisotopic (exact) mass is 542 g/mol. The molecule has 3 aliphatic rings. The topological polar surface area (TPSA) is 177 Å². The number of hydrogen-bond donors (Lipinski definition) is 6. The van der Waals surface area contributed by atoms with Crippen molar-refractivity contribution in [3.8, 4) is 5.75 Å². The van der Waals surface area contributed by atoms with Crippen LogP contribution in [0.3, 0.4) is 0 Å². The summed E-state index contributed by atoms with van der Waals surface area (Å²) in [4.78, 5) is 42.7. The van der Waals surface area contributed by atoms with Gasteiger partial charge in [-0.05, 0) is 65.3 Å². The SMILES string of the molecule is CN(C)c1cc(CNC(C)(C)C)c(O)c2c1CC1CC3C(N(C)C)C(=O)C(C(N)=O)=C(O)C3(O)C(=O)C1=C2O. The fourth-order valence-electron chi connectivity index (χ4n) is 6.24. The number of Topliss-reactive ketones (excluding diaryl/α,β-unsaturated/α-hetero) is 2. The number of primary amides is 1. The molecule has 0 aliphatic heterocycles. The number of phenols is 1. The van der Waals surface area contributed by atoms with E-state index >= 15 is 0 Å². The van der Waals surface area contributed by atoms with Crippen LogP contribution in [0.15, 0.2) is 23.0 Å². The van der Waals surface area contributed by atoms with Gasteiger partial charge in [-0.3, -0.25) is 19.3 Å². The average Bonchev–Trinajstić information content (AvgIpc) is 2.79. The third-order valence-corrected chi connectivity index (χ3v) is 8.07. The van der Waals surface area contributed by atoms with Gasteiger partial charge >= 0.3 is 0 Å². The summed E-state index contributed by atoms with van der Waals surface area (Å²) in [5, 5.41) is 48.9. The van der Waals surface area contributed by atoms with E-state index in [0.717, 1.165) is 5.69 Å². The lowest BCUT2D eigenvalue weighted by Crippen LogP contribution is -2.65. The molecule has 11 nitrogen and oxygen atoms in total. The number of nitrogens with two attached hydrogens (primary N) is 1. The molecule has 0 aromatic heterocycles. The molecule has 0 saturated heterocycles. The third-order valence-electron chi connectivity index (χ3n) is 8.07. The van der Waals surface area contributed by atoms with Crippen LogP contribution in [0.2, 0.25) is 0 Å². The van der Waals surface area contributed by atoms with E-state index in [-0.39, 0.29) is 41.8 Å². The van der Waals surface area contributed by atoms with Gasteiger partial charge in [0.25, 0.3) is 5.91 Å². The van der Waals surface area contributed by atoms with Crippen molar-refractivity contribution in [3.05, 3.63) is 39.7 Å². The number of nitrogens with zero attached hydrogens (tertiary/aromatic N) is 2. The number of phenolic OH excluding ortho intramolecular Hbond substituents is 1. The van der Waals surface area contributed by atoms with Crippen molar-refractivity contribution in [1.82, 2.24) is 10.2 Å². The first kappa shape index (κ1) is 28.6. The Kier molecular flexibility index (Phi) is 6.86. The number of anilines is 1. The quantitative estimate of drug-likeness (QED) is 0.293. The van der Waals surface area contributed by atoms with Crippen molar-refractivity contribution >= 4 is 28.9 Å². The molecule has 212 valence electrons. The molecule has 4 rings (SSSR count). The van der Waals surface area contributed by atoms with Crippen LogP contribution in [0.4, 0.5) is 5.69 Å². The lowest BCUT2D eigenvalue weighted by Gasteiger charge is -2.50. The number of hydrogen-bond acceptors (Lipinski definition) is 10. The smallest absolute Gasteiger partial charge is 0.255 e. The van der Waals surface area contributed by atoms with Gasteiger partial charge < -0.3 is 36.4 Å². The number of likely N-dealkylation sites (N-methyl/N-ethyl adjacent to an activating group) is 1. The molecular weight excluding hydrogens is 504 g/mol. The lowest BCUT2D eigenvalue weighted by molar-refractivity contribution is -0.153. The molecule has 11 heteroatoms. The van der Waals surface area contributed by atoms with Gasteiger partial charge in [0.05, 0.1) is 11.6 Å². The number of aliphatic hydroxyl groups excluding tert-OH is 2. The fraction of sp³-hybridized carbons (Fsp3) is 0.536. The van der Waals surface area contributed by atoms with Crippen molar-refractivity contribution in [3.63, 3.8) is 0 Å². The highest BCUT2D eigenvalue weighted by atomic mass is 16.3. The fourth-order valence-corrected chi connectivity index (χ4v) is 6.24. The Morgan fingerprint density at radius 3 is 2.28 bits per heavy atom. The van der Waals surface area contributed by atoms with Crippen molar-refractivity contribution in [1.29, 1.82) is 0 Å². The summed E-state index contributed by atoms with van der Waals surface area (Å²) in [6.07, 6.45) is 0.287. The number of amides is 1. The van der Waals surface area contributed by atoms with Gasteiger partial charge in [0.1, 0.15) is 22.8 Å². The Bertz CT molecular complexity index is 1340. The molecule has 1 fully saturated rings. The van der Waals surface area contributed by atoms with E-state index in [1.165, 1.54) is 4.90 Å². The molecule has 0 spiro atoms. The molecule has 0 heterocycles. The highest BCUT2D eigenvalue weighted by Crippen LogP contribution is 2.54. The Morgan fingerprint density at radius 2 is 1.77 bits per heavy atom. The number of nitrogens with one attached hydrogen (secondary N) is 1. The van der Waals surface area contributed by atoms with Gasteiger partial charge in [0.2, 0.25) is 5.78 Å². The molecule has 0 bridgehead atoms. The Balaban J connectivity index is 1.96. The number of ketones is 2. The molecule has 4 atom stereocenters. The Labute approximate surface area is 227 Å². The molecule has 0 radical (unpaired) electrons. The van der Waals surface area contributed by atoms with Crippen LogP contribution in [-0.2, 0) is 27.3 Å². The van der Waals surface area contributed by atoms with Gasteiger partial charge in [-0.2, -0.15) is 0 Å². The van der Waals surface area contributed by atoms with Crippen LogP contribution in [0.5, 0.6) is 5.75 Å². The number of carbonyl (C=O) groups is 3. The summed E-state index contributed by atoms with van der Waals surface area (Å²) in [5.74, 6) is -6.57. The first-order valence-corrected chi connectivity index (χ1v) is 12.9. The van der Waals surface area contributed by atoms with Gasteiger partial charge in [-0.15, -0.1) is 0 Å². The predicted octanol–water partition coefficient (Wildman–Crippen LogP) is 0.918. The first-order valence-electron chi connectivity index (χ1n) is 12.9. The normalized spacial score (nSPS) is 26.9. The molecule has 4 unspecified atom stereocenters. The van der Waals surface area contributed by atoms with E-state index in [0.29, 0.717) is 11.1 Å². The zero-order chi connectivity index (χ0) is 29.4.